The van der Waals surface area contributed by atoms with E-state index in [9.17, 15) is 18.0 Å². The number of hydrogen-bond donors (Lipinski definition) is 2. The van der Waals surface area contributed by atoms with Crippen molar-refractivity contribution in [2.75, 3.05) is 5.32 Å². The highest BCUT2D eigenvalue weighted by Crippen LogP contribution is 2.41. The zero-order chi connectivity index (χ0) is 23.0. The average molecular weight is 457 g/mol. The van der Waals surface area contributed by atoms with Crippen LogP contribution in [0.3, 0.4) is 0 Å². The van der Waals surface area contributed by atoms with Crippen molar-refractivity contribution in [1.82, 2.24) is 4.98 Å². The summed E-state index contributed by atoms with van der Waals surface area (Å²) in [5, 5.41) is 3.99. The van der Waals surface area contributed by atoms with Gasteiger partial charge in [0.1, 0.15) is 5.75 Å². The Balaban J connectivity index is 1.20. The number of amides is 1. The van der Waals surface area contributed by atoms with Crippen LogP contribution in [0.25, 0.3) is 10.9 Å². The van der Waals surface area contributed by atoms with E-state index in [-0.39, 0.29) is 23.8 Å². The molecule has 1 aromatic heterocycles. The minimum Gasteiger partial charge on any atom is -0.490 e. The van der Waals surface area contributed by atoms with E-state index >= 15 is 0 Å². The molecule has 0 saturated heterocycles. The lowest BCUT2D eigenvalue weighted by molar-refractivity contribution is -0.137. The Bertz CT molecular complexity index is 1120. The molecule has 2 fully saturated rings. The number of rotatable bonds is 5. The normalized spacial score (nSPS) is 21.5. The van der Waals surface area contributed by atoms with E-state index < -0.39 is 11.7 Å². The molecule has 0 atom stereocenters. The van der Waals surface area contributed by atoms with Crippen LogP contribution >= 0.6 is 0 Å². The Morgan fingerprint density at radius 3 is 2.42 bits per heavy atom. The molecule has 2 aliphatic rings. The summed E-state index contributed by atoms with van der Waals surface area (Å²) in [6.45, 7) is 0. The largest absolute Gasteiger partial charge is 0.490 e. The van der Waals surface area contributed by atoms with Crippen LogP contribution in [-0.4, -0.2) is 17.0 Å². The number of alkyl halides is 3. The lowest BCUT2D eigenvalue weighted by Gasteiger charge is -2.35. The fourth-order valence-corrected chi connectivity index (χ4v) is 4.95. The molecule has 0 spiro atoms. The minimum absolute atomic E-state index is 0.0222. The second-order valence-electron chi connectivity index (χ2n) is 9.26. The van der Waals surface area contributed by atoms with Gasteiger partial charge in [0.15, 0.2) is 0 Å². The van der Waals surface area contributed by atoms with Crippen LogP contribution in [0.15, 0.2) is 48.7 Å². The number of hydrogen-bond acceptors (Lipinski definition) is 2. The summed E-state index contributed by atoms with van der Waals surface area (Å²) in [7, 11) is 0. The van der Waals surface area contributed by atoms with Crippen molar-refractivity contribution in [3.8, 4) is 5.75 Å². The van der Waals surface area contributed by atoms with Crippen molar-refractivity contribution in [2.45, 2.75) is 63.1 Å². The smallest absolute Gasteiger partial charge is 0.416 e. The molecule has 0 bridgehead atoms. The molecule has 3 aromatic rings. The van der Waals surface area contributed by atoms with Gasteiger partial charge in [0.2, 0.25) is 5.91 Å². The number of H-pyrrole nitrogens is 1. The van der Waals surface area contributed by atoms with Gasteiger partial charge in [0.25, 0.3) is 0 Å². The first-order chi connectivity index (χ1) is 15.9. The number of aromatic amines is 1. The van der Waals surface area contributed by atoms with Gasteiger partial charge >= 0.3 is 6.18 Å². The highest BCUT2D eigenvalue weighted by Gasteiger charge is 2.34. The zero-order valence-electron chi connectivity index (χ0n) is 18.3. The monoisotopic (exact) mass is 456 g/mol. The highest BCUT2D eigenvalue weighted by atomic mass is 19.4. The molecule has 0 radical (unpaired) electrons. The van der Waals surface area contributed by atoms with Crippen molar-refractivity contribution in [3.05, 3.63) is 59.8 Å². The fraction of sp³-hybridized carbons (Fsp3) is 0.423. The lowest BCUT2D eigenvalue weighted by Crippen LogP contribution is -2.32. The summed E-state index contributed by atoms with van der Waals surface area (Å²) in [4.78, 5) is 15.9. The van der Waals surface area contributed by atoms with Crippen LogP contribution in [0, 0.1) is 5.92 Å². The molecule has 33 heavy (non-hydrogen) atoms. The highest BCUT2D eigenvalue weighted by molar-refractivity contribution is 6.02. The van der Waals surface area contributed by atoms with Gasteiger partial charge in [-0.3, -0.25) is 4.79 Å². The van der Waals surface area contributed by atoms with Gasteiger partial charge in [-0.25, -0.2) is 0 Å². The molecule has 2 saturated carbocycles. The number of anilines is 1. The Hall–Kier alpha value is -2.96. The summed E-state index contributed by atoms with van der Waals surface area (Å²) in [6, 6.07) is 11.2. The van der Waals surface area contributed by atoms with Gasteiger partial charge in [-0.05, 0) is 67.5 Å². The van der Waals surface area contributed by atoms with Crippen LogP contribution in [0.1, 0.15) is 62.0 Å². The second kappa shape index (κ2) is 8.76. The summed E-state index contributed by atoms with van der Waals surface area (Å²) in [5.74, 6) is 1.10. The lowest BCUT2D eigenvalue weighted by atomic mass is 9.77. The second-order valence-corrected chi connectivity index (χ2v) is 9.26. The van der Waals surface area contributed by atoms with Gasteiger partial charge in [-0.15, -0.1) is 0 Å². The van der Waals surface area contributed by atoms with Crippen LogP contribution in [0.4, 0.5) is 18.9 Å². The average Bonchev–Trinajstić information content (AvgIpc) is 3.18. The summed E-state index contributed by atoms with van der Waals surface area (Å²) >= 11 is 0. The maximum Gasteiger partial charge on any atom is 0.416 e. The molecule has 2 aliphatic carbocycles. The van der Waals surface area contributed by atoms with E-state index in [1.165, 1.54) is 6.42 Å². The van der Waals surface area contributed by atoms with Crippen LogP contribution in [-0.2, 0) is 11.0 Å². The topological polar surface area (TPSA) is 54.1 Å². The molecule has 1 heterocycles. The number of benzene rings is 2. The third-order valence-corrected chi connectivity index (χ3v) is 6.99. The summed E-state index contributed by atoms with van der Waals surface area (Å²) < 4.78 is 44.4. The predicted molar refractivity (Wildman–Crippen MR) is 121 cm³/mol. The molecule has 0 aliphatic heterocycles. The Labute approximate surface area is 190 Å². The van der Waals surface area contributed by atoms with E-state index in [0.29, 0.717) is 0 Å². The van der Waals surface area contributed by atoms with Gasteiger partial charge < -0.3 is 15.0 Å². The molecule has 2 aromatic carbocycles. The molecular weight excluding hydrogens is 429 g/mol. The van der Waals surface area contributed by atoms with Crippen molar-refractivity contribution in [1.29, 1.82) is 0 Å². The van der Waals surface area contributed by atoms with Gasteiger partial charge in [0.05, 0.1) is 17.4 Å². The van der Waals surface area contributed by atoms with Crippen molar-refractivity contribution in [2.24, 2.45) is 5.92 Å². The first-order valence-corrected chi connectivity index (χ1v) is 11.6. The SMILES string of the molecule is O=C(Nc1c[nH]c2ccc(OC3CC(c4ccc(C(F)(F)F)cc4)C3)cc12)C1CCCCC1. The number of halogens is 3. The molecule has 5 rings (SSSR count). The number of ether oxygens (including phenoxy) is 1. The molecule has 2 N–H and O–H groups in total. The number of aromatic nitrogens is 1. The quantitative estimate of drug-likeness (QED) is 0.433. The Kier molecular flexibility index (Phi) is 5.81. The van der Waals surface area contributed by atoms with Crippen LogP contribution in [0.2, 0.25) is 0 Å². The molecule has 0 unspecified atom stereocenters. The Morgan fingerprint density at radius 1 is 1.00 bits per heavy atom. The van der Waals surface area contributed by atoms with Crippen molar-refractivity contribution < 1.29 is 22.7 Å². The first-order valence-electron chi connectivity index (χ1n) is 11.6. The van der Waals surface area contributed by atoms with E-state index in [0.717, 1.165) is 78.6 Å². The predicted octanol–water partition coefficient (Wildman–Crippen LogP) is 7.03. The van der Waals surface area contributed by atoms with Crippen LogP contribution in [0.5, 0.6) is 5.75 Å². The van der Waals surface area contributed by atoms with Crippen molar-refractivity contribution in [3.63, 3.8) is 0 Å². The third kappa shape index (κ3) is 4.72. The molecule has 7 heteroatoms. The number of carbonyl (C=O) groups is 1. The van der Waals surface area contributed by atoms with Gasteiger partial charge in [-0.2, -0.15) is 13.2 Å². The van der Waals surface area contributed by atoms with Gasteiger partial charge in [0, 0.05) is 23.0 Å². The van der Waals surface area contributed by atoms with E-state index in [1.54, 1.807) is 12.1 Å². The molecular formula is C26H27F3N2O2. The van der Waals surface area contributed by atoms with E-state index in [1.807, 2.05) is 24.4 Å². The van der Waals surface area contributed by atoms with Crippen molar-refractivity contribution >= 4 is 22.5 Å². The van der Waals surface area contributed by atoms with Crippen LogP contribution < -0.4 is 10.1 Å². The zero-order valence-corrected chi connectivity index (χ0v) is 18.3. The Morgan fingerprint density at radius 2 is 1.73 bits per heavy atom. The third-order valence-electron chi connectivity index (χ3n) is 6.99. The van der Waals surface area contributed by atoms with E-state index in [4.69, 9.17) is 4.74 Å². The van der Waals surface area contributed by atoms with E-state index in [2.05, 4.69) is 10.3 Å². The maximum atomic E-state index is 12.8. The number of carbonyl (C=O) groups excluding carboxylic acids is 1. The number of nitrogens with one attached hydrogen (secondary N) is 2. The fourth-order valence-electron chi connectivity index (χ4n) is 4.95. The summed E-state index contributed by atoms with van der Waals surface area (Å²) in [5.41, 5.74) is 1.99. The standard InChI is InChI=1S/C26H27F3N2O2/c27-26(28,29)19-8-6-16(7-9-19)18-12-21(13-18)33-20-10-11-23-22(14-20)24(15-30-23)31-25(32)17-4-2-1-3-5-17/h6-11,14-15,17-18,21,30H,1-5,12-13H2,(H,31,32). The van der Waals surface area contributed by atoms with Gasteiger partial charge in [-0.1, -0.05) is 31.4 Å². The molecule has 174 valence electrons. The first kappa shape index (κ1) is 21.9. The molecule has 4 nitrogen and oxygen atoms in total. The summed E-state index contributed by atoms with van der Waals surface area (Å²) in [6.07, 6.45) is 4.39. The molecule has 1 amide bonds. The minimum atomic E-state index is -4.31. The number of fused-ring (bicyclic) bond motifs is 1. The maximum absolute atomic E-state index is 12.8.